The zero-order valence-corrected chi connectivity index (χ0v) is 7.25. The van der Waals surface area contributed by atoms with Crippen LogP contribution in [-0.2, 0) is 18.9 Å². The van der Waals surface area contributed by atoms with Gasteiger partial charge in [-0.25, -0.2) is 0 Å². The molecular weight excluding hydrogens is 160 g/mol. The first-order chi connectivity index (χ1) is 5.85. The number of ether oxygens (including phenoxy) is 4. The zero-order valence-electron chi connectivity index (χ0n) is 7.25. The van der Waals surface area contributed by atoms with Gasteiger partial charge in [0, 0.05) is 20.0 Å². The Morgan fingerprint density at radius 1 is 1.42 bits per heavy atom. The molecule has 2 rings (SSSR count). The quantitative estimate of drug-likeness (QED) is 0.580. The van der Waals surface area contributed by atoms with Gasteiger partial charge in [-0.1, -0.05) is 0 Å². The Kier molecular flexibility index (Phi) is 2.32. The van der Waals surface area contributed by atoms with Crippen molar-refractivity contribution in [3.05, 3.63) is 0 Å². The van der Waals surface area contributed by atoms with E-state index in [-0.39, 0.29) is 6.29 Å². The lowest BCUT2D eigenvalue weighted by Gasteiger charge is -2.32. The maximum Gasteiger partial charge on any atom is 0.194 e. The standard InChI is InChI=1S/C8H14O4/c1-9-7-2-3-8(12-7)6-10-4-5-11-8/h7H,2-6H2,1H3. The van der Waals surface area contributed by atoms with E-state index in [0.29, 0.717) is 19.8 Å². The molecule has 0 amide bonds. The van der Waals surface area contributed by atoms with Crippen LogP contribution in [0.5, 0.6) is 0 Å². The SMILES string of the molecule is COC1CCC2(COCCO2)O1. The number of hydrogen-bond donors (Lipinski definition) is 0. The molecular formula is C8H14O4. The second kappa shape index (κ2) is 3.30. The van der Waals surface area contributed by atoms with Gasteiger partial charge in [0.15, 0.2) is 12.1 Å². The van der Waals surface area contributed by atoms with Gasteiger partial charge in [-0.05, 0) is 0 Å². The van der Waals surface area contributed by atoms with E-state index in [1.165, 1.54) is 0 Å². The van der Waals surface area contributed by atoms with Gasteiger partial charge in [0.2, 0.25) is 0 Å². The summed E-state index contributed by atoms with van der Waals surface area (Å²) in [5, 5.41) is 0. The van der Waals surface area contributed by atoms with E-state index in [9.17, 15) is 0 Å². The van der Waals surface area contributed by atoms with Crippen molar-refractivity contribution < 1.29 is 18.9 Å². The van der Waals surface area contributed by atoms with Crippen LogP contribution in [0.1, 0.15) is 12.8 Å². The molecule has 0 aromatic carbocycles. The number of methoxy groups -OCH3 is 1. The average Bonchev–Trinajstić information content (AvgIpc) is 2.50. The van der Waals surface area contributed by atoms with Crippen LogP contribution in [0, 0.1) is 0 Å². The Morgan fingerprint density at radius 2 is 2.33 bits per heavy atom. The van der Waals surface area contributed by atoms with Crippen molar-refractivity contribution in [3.8, 4) is 0 Å². The number of hydrogen-bond acceptors (Lipinski definition) is 4. The third kappa shape index (κ3) is 1.47. The molecule has 0 aromatic heterocycles. The van der Waals surface area contributed by atoms with Crippen molar-refractivity contribution in [1.82, 2.24) is 0 Å². The molecule has 0 saturated carbocycles. The van der Waals surface area contributed by atoms with E-state index in [4.69, 9.17) is 18.9 Å². The minimum absolute atomic E-state index is 0.119. The molecule has 0 aromatic rings. The topological polar surface area (TPSA) is 36.9 Å². The summed E-state index contributed by atoms with van der Waals surface area (Å²) < 4.78 is 21.5. The van der Waals surface area contributed by atoms with Crippen molar-refractivity contribution >= 4 is 0 Å². The molecule has 4 nitrogen and oxygen atoms in total. The Hall–Kier alpha value is -0.160. The second-order valence-corrected chi connectivity index (χ2v) is 3.13. The number of rotatable bonds is 1. The van der Waals surface area contributed by atoms with E-state index >= 15 is 0 Å². The Labute approximate surface area is 71.7 Å². The summed E-state index contributed by atoms with van der Waals surface area (Å²) in [6, 6.07) is 0. The van der Waals surface area contributed by atoms with Crippen LogP contribution in [0.15, 0.2) is 0 Å². The summed E-state index contributed by atoms with van der Waals surface area (Å²) >= 11 is 0. The van der Waals surface area contributed by atoms with Crippen LogP contribution in [0.2, 0.25) is 0 Å². The third-order valence-corrected chi connectivity index (χ3v) is 2.28. The van der Waals surface area contributed by atoms with E-state index in [2.05, 4.69) is 0 Å². The molecule has 70 valence electrons. The van der Waals surface area contributed by atoms with Crippen LogP contribution in [0.25, 0.3) is 0 Å². The summed E-state index contributed by atoms with van der Waals surface area (Å²) in [7, 11) is 1.65. The van der Waals surface area contributed by atoms with Crippen molar-refractivity contribution in [2.45, 2.75) is 24.9 Å². The lowest BCUT2D eigenvalue weighted by atomic mass is 10.2. The highest BCUT2D eigenvalue weighted by molar-refractivity contribution is 4.79. The Bertz CT molecular complexity index is 153. The molecule has 2 heterocycles. The fraction of sp³-hybridized carbons (Fsp3) is 1.00. The molecule has 0 aliphatic carbocycles. The largest absolute Gasteiger partial charge is 0.373 e. The summed E-state index contributed by atoms with van der Waals surface area (Å²) in [6.07, 6.45) is 1.64. The lowest BCUT2D eigenvalue weighted by Crippen LogP contribution is -2.43. The first-order valence-corrected chi connectivity index (χ1v) is 4.27. The van der Waals surface area contributed by atoms with E-state index < -0.39 is 5.79 Å². The summed E-state index contributed by atoms with van der Waals surface area (Å²) in [5.41, 5.74) is 0. The maximum atomic E-state index is 5.57. The van der Waals surface area contributed by atoms with Gasteiger partial charge in [-0.3, -0.25) is 0 Å². The van der Waals surface area contributed by atoms with Gasteiger partial charge in [0.05, 0.1) is 13.2 Å². The smallest absolute Gasteiger partial charge is 0.194 e. The molecule has 2 atom stereocenters. The Morgan fingerprint density at radius 3 is 2.92 bits per heavy atom. The predicted molar refractivity (Wildman–Crippen MR) is 40.6 cm³/mol. The second-order valence-electron chi connectivity index (χ2n) is 3.13. The van der Waals surface area contributed by atoms with Crippen molar-refractivity contribution in [2.24, 2.45) is 0 Å². The van der Waals surface area contributed by atoms with Crippen LogP contribution in [0.4, 0.5) is 0 Å². The normalized spacial score (nSPS) is 42.2. The Balaban J connectivity index is 1.94. The minimum atomic E-state index is -0.501. The maximum absolute atomic E-state index is 5.57. The molecule has 4 heteroatoms. The van der Waals surface area contributed by atoms with E-state index in [1.54, 1.807) is 7.11 Å². The van der Waals surface area contributed by atoms with E-state index in [1.807, 2.05) is 0 Å². The van der Waals surface area contributed by atoms with Crippen molar-refractivity contribution in [3.63, 3.8) is 0 Å². The molecule has 2 aliphatic heterocycles. The molecule has 2 fully saturated rings. The third-order valence-electron chi connectivity index (χ3n) is 2.28. The van der Waals surface area contributed by atoms with Gasteiger partial charge in [0.25, 0.3) is 0 Å². The van der Waals surface area contributed by atoms with Gasteiger partial charge >= 0.3 is 0 Å². The first kappa shape index (κ1) is 8.44. The zero-order chi connectivity index (χ0) is 8.44. The van der Waals surface area contributed by atoms with Crippen LogP contribution in [-0.4, -0.2) is 39.0 Å². The van der Waals surface area contributed by atoms with Gasteiger partial charge < -0.3 is 18.9 Å². The van der Waals surface area contributed by atoms with Crippen LogP contribution < -0.4 is 0 Å². The summed E-state index contributed by atoms with van der Waals surface area (Å²) in [6.45, 7) is 1.83. The fourth-order valence-corrected chi connectivity index (χ4v) is 1.63. The molecule has 0 bridgehead atoms. The summed E-state index contributed by atoms with van der Waals surface area (Å²) in [5.74, 6) is -0.501. The van der Waals surface area contributed by atoms with Crippen molar-refractivity contribution in [2.75, 3.05) is 26.9 Å². The van der Waals surface area contributed by atoms with Gasteiger partial charge in [-0.15, -0.1) is 0 Å². The minimum Gasteiger partial charge on any atom is -0.373 e. The molecule has 12 heavy (non-hydrogen) atoms. The molecule has 0 radical (unpaired) electrons. The highest BCUT2D eigenvalue weighted by Crippen LogP contribution is 2.33. The molecule has 1 spiro atoms. The van der Waals surface area contributed by atoms with Crippen LogP contribution in [0.3, 0.4) is 0 Å². The van der Waals surface area contributed by atoms with Crippen LogP contribution >= 0.6 is 0 Å². The first-order valence-electron chi connectivity index (χ1n) is 4.27. The summed E-state index contributed by atoms with van der Waals surface area (Å²) in [4.78, 5) is 0. The van der Waals surface area contributed by atoms with Gasteiger partial charge in [-0.2, -0.15) is 0 Å². The highest BCUT2D eigenvalue weighted by Gasteiger charge is 2.43. The fourth-order valence-electron chi connectivity index (χ4n) is 1.63. The van der Waals surface area contributed by atoms with Crippen molar-refractivity contribution in [1.29, 1.82) is 0 Å². The lowest BCUT2D eigenvalue weighted by molar-refractivity contribution is -0.308. The highest BCUT2D eigenvalue weighted by atomic mass is 16.8. The van der Waals surface area contributed by atoms with E-state index in [0.717, 1.165) is 12.8 Å². The monoisotopic (exact) mass is 174 g/mol. The molecule has 2 saturated heterocycles. The molecule has 2 aliphatic rings. The van der Waals surface area contributed by atoms with Gasteiger partial charge in [0.1, 0.15) is 6.61 Å². The molecule has 0 N–H and O–H groups in total. The molecule has 2 unspecified atom stereocenters. The average molecular weight is 174 g/mol. The predicted octanol–water partition coefficient (Wildman–Crippen LogP) is 0.512.